The molecule has 2 nitrogen and oxygen atoms in total. The third-order valence-corrected chi connectivity index (χ3v) is 3.41. The molecule has 0 bridgehead atoms. The molecule has 0 atom stereocenters. The van der Waals surface area contributed by atoms with Gasteiger partial charge in [-0.1, -0.05) is 25.4 Å². The van der Waals surface area contributed by atoms with E-state index in [1.807, 2.05) is 19.1 Å². The number of furan rings is 1. The molecule has 0 amide bonds. The van der Waals surface area contributed by atoms with Crippen LogP contribution < -0.4 is 5.32 Å². The maximum atomic E-state index is 6.13. The third kappa shape index (κ3) is 2.55. The molecular weight excluding hydrogens is 246 g/mol. The Morgan fingerprint density at radius 3 is 2.72 bits per heavy atom. The fourth-order valence-corrected chi connectivity index (χ4v) is 2.61. The molecule has 98 valence electrons. The molecule has 1 N–H and O–H groups in total. The summed E-state index contributed by atoms with van der Waals surface area (Å²) in [7, 11) is 0. The van der Waals surface area contributed by atoms with Crippen LogP contribution >= 0.6 is 11.6 Å². The highest BCUT2D eigenvalue weighted by Crippen LogP contribution is 2.31. The van der Waals surface area contributed by atoms with Gasteiger partial charge in [-0.2, -0.15) is 0 Å². The van der Waals surface area contributed by atoms with Crippen molar-refractivity contribution in [3.05, 3.63) is 34.0 Å². The summed E-state index contributed by atoms with van der Waals surface area (Å²) in [5, 5.41) is 5.34. The van der Waals surface area contributed by atoms with Gasteiger partial charge in [0.05, 0.1) is 6.54 Å². The molecule has 2 aromatic rings. The smallest absolute Gasteiger partial charge is 0.137 e. The first-order valence-corrected chi connectivity index (χ1v) is 6.96. The second-order valence-electron chi connectivity index (χ2n) is 4.63. The van der Waals surface area contributed by atoms with Gasteiger partial charge >= 0.3 is 0 Å². The lowest BCUT2D eigenvalue weighted by molar-refractivity contribution is 0.507. The molecule has 0 radical (unpaired) electrons. The Kier molecular flexibility index (Phi) is 4.31. The van der Waals surface area contributed by atoms with Gasteiger partial charge in [0.2, 0.25) is 0 Å². The molecule has 0 aliphatic carbocycles. The van der Waals surface area contributed by atoms with Gasteiger partial charge in [-0.15, -0.1) is 0 Å². The van der Waals surface area contributed by atoms with E-state index in [0.29, 0.717) is 0 Å². The molecule has 0 spiro atoms. The van der Waals surface area contributed by atoms with Crippen LogP contribution in [-0.4, -0.2) is 6.54 Å². The monoisotopic (exact) mass is 265 g/mol. The van der Waals surface area contributed by atoms with Crippen molar-refractivity contribution in [1.29, 1.82) is 0 Å². The number of hydrogen-bond donors (Lipinski definition) is 1. The number of halogens is 1. The Morgan fingerprint density at radius 2 is 2.06 bits per heavy atom. The second-order valence-corrected chi connectivity index (χ2v) is 5.07. The third-order valence-electron chi connectivity index (χ3n) is 3.19. The molecule has 0 saturated heterocycles. The van der Waals surface area contributed by atoms with Gasteiger partial charge in [0.25, 0.3) is 0 Å². The standard InChI is InChI=1S/C15H20ClNO/c1-4-6-17-9-14-12(5-2)13-8-11(16)7-10(3)15(13)18-14/h7-8,17H,4-6,9H2,1-3H3. The van der Waals surface area contributed by atoms with Crippen LogP contribution in [0, 0.1) is 6.92 Å². The van der Waals surface area contributed by atoms with Crippen molar-refractivity contribution in [3.8, 4) is 0 Å². The Hall–Kier alpha value is -0.990. The summed E-state index contributed by atoms with van der Waals surface area (Å²) in [5.41, 5.74) is 3.36. The van der Waals surface area contributed by atoms with Crippen molar-refractivity contribution in [2.75, 3.05) is 6.54 Å². The maximum Gasteiger partial charge on any atom is 0.137 e. The minimum absolute atomic E-state index is 0.781. The van der Waals surface area contributed by atoms with E-state index in [4.69, 9.17) is 16.0 Å². The number of fused-ring (bicyclic) bond motifs is 1. The lowest BCUT2D eigenvalue weighted by Gasteiger charge is -2.01. The molecule has 1 aromatic heterocycles. The van der Waals surface area contributed by atoms with Crippen LogP contribution in [-0.2, 0) is 13.0 Å². The molecule has 18 heavy (non-hydrogen) atoms. The Morgan fingerprint density at radius 1 is 1.28 bits per heavy atom. The van der Waals surface area contributed by atoms with E-state index >= 15 is 0 Å². The normalized spacial score (nSPS) is 11.3. The lowest BCUT2D eigenvalue weighted by Crippen LogP contribution is -2.14. The van der Waals surface area contributed by atoms with E-state index in [-0.39, 0.29) is 0 Å². The van der Waals surface area contributed by atoms with Gasteiger partial charge in [-0.05, 0) is 44.0 Å². The van der Waals surface area contributed by atoms with Crippen molar-refractivity contribution >= 4 is 22.6 Å². The number of benzene rings is 1. The first-order valence-electron chi connectivity index (χ1n) is 6.58. The van der Waals surface area contributed by atoms with Crippen LogP contribution in [0.4, 0.5) is 0 Å². The highest BCUT2D eigenvalue weighted by molar-refractivity contribution is 6.31. The first-order chi connectivity index (χ1) is 8.67. The first kappa shape index (κ1) is 13.4. The van der Waals surface area contributed by atoms with Gasteiger partial charge in [0.15, 0.2) is 0 Å². The molecule has 1 aromatic carbocycles. The summed E-state index contributed by atoms with van der Waals surface area (Å²) in [5.74, 6) is 1.05. The SMILES string of the molecule is CCCNCc1oc2c(C)cc(Cl)cc2c1CC. The summed E-state index contributed by atoms with van der Waals surface area (Å²) in [6, 6.07) is 3.96. The Balaban J connectivity index is 2.44. The topological polar surface area (TPSA) is 25.2 Å². The second kappa shape index (κ2) is 5.77. The summed E-state index contributed by atoms with van der Waals surface area (Å²) in [6.45, 7) is 8.17. The van der Waals surface area contributed by atoms with E-state index in [0.717, 1.165) is 53.2 Å². The number of nitrogens with one attached hydrogen (secondary N) is 1. The summed E-state index contributed by atoms with van der Waals surface area (Å²) >= 11 is 6.13. The largest absolute Gasteiger partial charge is 0.459 e. The molecule has 0 saturated carbocycles. The average molecular weight is 266 g/mol. The quantitative estimate of drug-likeness (QED) is 0.808. The molecule has 0 unspecified atom stereocenters. The number of rotatable bonds is 5. The van der Waals surface area contributed by atoms with Gasteiger partial charge in [0, 0.05) is 16.0 Å². The molecule has 0 aliphatic heterocycles. The van der Waals surface area contributed by atoms with Crippen LogP contribution in [0.1, 0.15) is 37.2 Å². The molecule has 0 fully saturated rings. The fourth-order valence-electron chi connectivity index (χ4n) is 2.33. The van der Waals surface area contributed by atoms with Gasteiger partial charge in [0.1, 0.15) is 11.3 Å². The predicted octanol–water partition coefficient (Wildman–Crippen LogP) is 4.46. The fraction of sp³-hybridized carbons (Fsp3) is 0.467. The zero-order chi connectivity index (χ0) is 13.1. The van der Waals surface area contributed by atoms with Crippen molar-refractivity contribution in [1.82, 2.24) is 5.32 Å². The Bertz CT molecular complexity index is 545. The van der Waals surface area contributed by atoms with E-state index in [2.05, 4.69) is 19.2 Å². The highest BCUT2D eigenvalue weighted by Gasteiger charge is 2.14. The van der Waals surface area contributed by atoms with Crippen LogP contribution in [0.25, 0.3) is 11.0 Å². The van der Waals surface area contributed by atoms with Crippen LogP contribution in [0.3, 0.4) is 0 Å². The molecular formula is C15H20ClNO. The van der Waals surface area contributed by atoms with Crippen molar-refractivity contribution in [3.63, 3.8) is 0 Å². The van der Waals surface area contributed by atoms with Gasteiger partial charge < -0.3 is 9.73 Å². The van der Waals surface area contributed by atoms with E-state index in [9.17, 15) is 0 Å². The molecule has 1 heterocycles. The molecule has 2 rings (SSSR count). The number of aryl methyl sites for hydroxylation is 2. The molecule has 0 aliphatic rings. The van der Waals surface area contributed by atoms with E-state index < -0.39 is 0 Å². The highest BCUT2D eigenvalue weighted by atomic mass is 35.5. The van der Waals surface area contributed by atoms with Crippen molar-refractivity contribution < 1.29 is 4.42 Å². The number of hydrogen-bond acceptors (Lipinski definition) is 2. The van der Waals surface area contributed by atoms with Crippen molar-refractivity contribution in [2.45, 2.75) is 40.2 Å². The maximum absolute atomic E-state index is 6.13. The Labute approximate surface area is 113 Å². The summed E-state index contributed by atoms with van der Waals surface area (Å²) < 4.78 is 6.00. The predicted molar refractivity (Wildman–Crippen MR) is 77.3 cm³/mol. The van der Waals surface area contributed by atoms with Gasteiger partial charge in [-0.25, -0.2) is 0 Å². The van der Waals surface area contributed by atoms with Gasteiger partial charge in [-0.3, -0.25) is 0 Å². The summed E-state index contributed by atoms with van der Waals surface area (Å²) in [6.07, 6.45) is 2.10. The molecule has 3 heteroatoms. The van der Waals surface area contributed by atoms with Crippen LogP contribution in [0.5, 0.6) is 0 Å². The van der Waals surface area contributed by atoms with E-state index in [1.165, 1.54) is 5.56 Å². The summed E-state index contributed by atoms with van der Waals surface area (Å²) in [4.78, 5) is 0. The minimum Gasteiger partial charge on any atom is -0.459 e. The van der Waals surface area contributed by atoms with Crippen LogP contribution in [0.15, 0.2) is 16.5 Å². The van der Waals surface area contributed by atoms with E-state index in [1.54, 1.807) is 0 Å². The average Bonchev–Trinajstić information content (AvgIpc) is 2.67. The lowest BCUT2D eigenvalue weighted by atomic mass is 10.1. The van der Waals surface area contributed by atoms with Crippen LogP contribution in [0.2, 0.25) is 5.02 Å². The zero-order valence-corrected chi connectivity index (χ0v) is 12.0. The van der Waals surface area contributed by atoms with Crippen molar-refractivity contribution in [2.24, 2.45) is 0 Å². The zero-order valence-electron chi connectivity index (χ0n) is 11.3. The minimum atomic E-state index is 0.781.